The molecular weight excluding hydrogens is 417 g/mol. The summed E-state index contributed by atoms with van der Waals surface area (Å²) in [5.74, 6) is 0.755. The average Bonchev–Trinajstić information content (AvgIpc) is 3.53. The van der Waals surface area contributed by atoms with E-state index in [0.29, 0.717) is 11.7 Å². The van der Waals surface area contributed by atoms with Gasteiger partial charge < -0.3 is 9.80 Å². The summed E-state index contributed by atoms with van der Waals surface area (Å²) >= 11 is 0. The van der Waals surface area contributed by atoms with Gasteiger partial charge in [0.25, 0.3) is 0 Å². The molecule has 0 unspecified atom stereocenters. The van der Waals surface area contributed by atoms with E-state index in [9.17, 15) is 4.39 Å². The van der Waals surface area contributed by atoms with Crippen LogP contribution in [0.4, 0.5) is 15.8 Å². The lowest BCUT2D eigenvalue weighted by atomic mass is 10.0. The van der Waals surface area contributed by atoms with Crippen LogP contribution >= 0.6 is 0 Å². The predicted molar refractivity (Wildman–Crippen MR) is 128 cm³/mol. The number of anilines is 2. The number of aromatic nitrogens is 4. The highest BCUT2D eigenvalue weighted by molar-refractivity contribution is 5.49. The lowest BCUT2D eigenvalue weighted by Gasteiger charge is -2.40. The summed E-state index contributed by atoms with van der Waals surface area (Å²) in [4.78, 5) is 6.69. The Kier molecular flexibility index (Phi) is 6.26. The third kappa shape index (κ3) is 4.44. The molecule has 0 N–H and O–H groups in total. The zero-order valence-corrected chi connectivity index (χ0v) is 19.4. The molecule has 0 spiro atoms. The fourth-order valence-corrected chi connectivity index (χ4v) is 5.20. The molecule has 1 atom stereocenters. The van der Waals surface area contributed by atoms with Crippen LogP contribution in [0, 0.1) is 5.82 Å². The van der Waals surface area contributed by atoms with E-state index in [0.717, 1.165) is 50.5 Å². The largest absolute Gasteiger partial charge is 0.378 e. The van der Waals surface area contributed by atoms with Crippen LogP contribution in [0.3, 0.4) is 0 Å². The first-order chi connectivity index (χ1) is 16.1. The Morgan fingerprint density at radius 1 is 0.939 bits per heavy atom. The van der Waals surface area contributed by atoms with Gasteiger partial charge in [-0.1, -0.05) is 37.1 Å². The SMILES string of the molecule is CN(C)c1ccc([C@H](c2nnnn2C2CCCC2)N2CCN(c3ccccc3F)CC2)cc1. The number of piperazine rings is 1. The number of para-hydroxylation sites is 1. The van der Waals surface area contributed by atoms with Gasteiger partial charge in [-0.2, -0.15) is 0 Å². The maximum atomic E-state index is 14.4. The molecule has 0 bridgehead atoms. The standard InChI is InChI=1S/C25H32FN7/c1-30(2)20-13-11-19(12-14-20)24(25-27-28-29-33(25)21-7-3-4-8-21)32-17-15-31(16-18-32)23-10-6-5-9-22(23)26/h5-6,9-14,21,24H,3-4,7-8,15-18H2,1-2H3/t24-/m1/s1. The van der Waals surface area contributed by atoms with Gasteiger partial charge in [0.2, 0.25) is 0 Å². The Balaban J connectivity index is 1.44. The van der Waals surface area contributed by atoms with Gasteiger partial charge in [0.05, 0.1) is 17.8 Å². The van der Waals surface area contributed by atoms with Crippen LogP contribution in [-0.2, 0) is 0 Å². The Bertz CT molecular complexity index is 1050. The first kappa shape index (κ1) is 21.8. The van der Waals surface area contributed by atoms with Crippen molar-refractivity contribution in [3.05, 3.63) is 65.7 Å². The Morgan fingerprint density at radius 2 is 1.64 bits per heavy atom. The normalized spacial score (nSPS) is 18.6. The lowest BCUT2D eigenvalue weighted by molar-refractivity contribution is 0.197. The molecule has 0 radical (unpaired) electrons. The molecule has 7 nitrogen and oxygen atoms in total. The zero-order chi connectivity index (χ0) is 22.8. The second-order valence-electron chi connectivity index (χ2n) is 9.28. The van der Waals surface area contributed by atoms with E-state index < -0.39 is 0 Å². The van der Waals surface area contributed by atoms with Crippen molar-refractivity contribution in [3.63, 3.8) is 0 Å². The minimum atomic E-state index is -0.160. The van der Waals surface area contributed by atoms with Crippen molar-refractivity contribution in [3.8, 4) is 0 Å². The van der Waals surface area contributed by atoms with Crippen molar-refractivity contribution in [2.24, 2.45) is 0 Å². The monoisotopic (exact) mass is 449 g/mol. The molecule has 5 rings (SSSR count). The zero-order valence-electron chi connectivity index (χ0n) is 19.4. The van der Waals surface area contributed by atoms with Crippen molar-refractivity contribution >= 4 is 11.4 Å². The number of benzene rings is 2. The van der Waals surface area contributed by atoms with Crippen molar-refractivity contribution in [2.45, 2.75) is 37.8 Å². The van der Waals surface area contributed by atoms with Gasteiger partial charge in [-0.25, -0.2) is 9.07 Å². The molecule has 174 valence electrons. The molecule has 3 aromatic rings. The first-order valence-corrected chi connectivity index (χ1v) is 11.9. The highest BCUT2D eigenvalue weighted by Crippen LogP contribution is 2.35. The highest BCUT2D eigenvalue weighted by Gasteiger charge is 2.33. The summed E-state index contributed by atoms with van der Waals surface area (Å²) in [7, 11) is 4.10. The first-order valence-electron chi connectivity index (χ1n) is 11.9. The highest BCUT2D eigenvalue weighted by atomic mass is 19.1. The Hall–Kier alpha value is -3.00. The molecule has 2 heterocycles. The fourth-order valence-electron chi connectivity index (χ4n) is 5.20. The maximum absolute atomic E-state index is 14.4. The van der Waals surface area contributed by atoms with E-state index in [-0.39, 0.29) is 11.9 Å². The summed E-state index contributed by atoms with van der Waals surface area (Å²) in [5, 5.41) is 13.1. The van der Waals surface area contributed by atoms with Crippen LogP contribution in [0.1, 0.15) is 49.2 Å². The average molecular weight is 450 g/mol. The van der Waals surface area contributed by atoms with Crippen LogP contribution < -0.4 is 9.80 Å². The van der Waals surface area contributed by atoms with Crippen molar-refractivity contribution < 1.29 is 4.39 Å². The Labute approximate surface area is 194 Å². The third-order valence-electron chi connectivity index (χ3n) is 7.03. The van der Waals surface area contributed by atoms with Crippen molar-refractivity contribution in [1.82, 2.24) is 25.1 Å². The van der Waals surface area contributed by atoms with Crippen molar-refractivity contribution in [2.75, 3.05) is 50.1 Å². The van der Waals surface area contributed by atoms with Gasteiger partial charge in [-0.3, -0.25) is 4.90 Å². The fraction of sp³-hybridized carbons (Fsp3) is 0.480. The van der Waals surface area contributed by atoms with E-state index in [1.807, 2.05) is 12.1 Å². The molecule has 1 aromatic heterocycles. The van der Waals surface area contributed by atoms with E-state index in [4.69, 9.17) is 0 Å². The van der Waals surface area contributed by atoms with Crippen molar-refractivity contribution in [1.29, 1.82) is 0 Å². The molecule has 2 aliphatic rings. The van der Waals surface area contributed by atoms with Gasteiger partial charge in [0, 0.05) is 46.0 Å². The number of hydrogen-bond donors (Lipinski definition) is 0. The summed E-state index contributed by atoms with van der Waals surface area (Å²) in [6, 6.07) is 16.1. The summed E-state index contributed by atoms with van der Waals surface area (Å²) in [6.07, 6.45) is 4.72. The number of rotatable bonds is 6. The van der Waals surface area contributed by atoms with E-state index in [2.05, 4.69) is 73.3 Å². The molecule has 8 heteroatoms. The second kappa shape index (κ2) is 9.47. The molecular formula is C25H32FN7. The number of nitrogens with zero attached hydrogens (tertiary/aromatic N) is 7. The summed E-state index contributed by atoms with van der Waals surface area (Å²) in [6.45, 7) is 3.15. The molecule has 2 fully saturated rings. The van der Waals surface area contributed by atoms with Gasteiger partial charge in [0.15, 0.2) is 5.82 Å². The molecule has 1 saturated heterocycles. The molecule has 33 heavy (non-hydrogen) atoms. The second-order valence-corrected chi connectivity index (χ2v) is 9.28. The number of halogens is 1. The quantitative estimate of drug-likeness (QED) is 0.569. The molecule has 1 aliphatic heterocycles. The summed E-state index contributed by atoms with van der Waals surface area (Å²) in [5.41, 5.74) is 3.03. The topological polar surface area (TPSA) is 53.3 Å². The van der Waals surface area contributed by atoms with Crippen LogP contribution in [0.15, 0.2) is 48.5 Å². The van der Waals surface area contributed by atoms with Gasteiger partial charge in [-0.05, 0) is 53.1 Å². The maximum Gasteiger partial charge on any atom is 0.173 e. The van der Waals surface area contributed by atoms with Crippen LogP contribution in [0.5, 0.6) is 0 Å². The van der Waals surface area contributed by atoms with Gasteiger partial charge >= 0.3 is 0 Å². The minimum Gasteiger partial charge on any atom is -0.378 e. The van der Waals surface area contributed by atoms with Crippen LogP contribution in [-0.4, -0.2) is 65.4 Å². The van der Waals surface area contributed by atoms with E-state index in [1.54, 1.807) is 6.07 Å². The van der Waals surface area contributed by atoms with Gasteiger partial charge in [-0.15, -0.1) is 5.10 Å². The minimum absolute atomic E-state index is 0.0282. The number of hydrogen-bond acceptors (Lipinski definition) is 6. The molecule has 1 saturated carbocycles. The summed E-state index contributed by atoms with van der Waals surface area (Å²) < 4.78 is 16.4. The van der Waals surface area contributed by atoms with Crippen LogP contribution in [0.2, 0.25) is 0 Å². The Morgan fingerprint density at radius 3 is 2.30 bits per heavy atom. The lowest BCUT2D eigenvalue weighted by Crippen LogP contribution is -2.48. The molecule has 1 aliphatic carbocycles. The molecule has 2 aromatic carbocycles. The predicted octanol–water partition coefficient (Wildman–Crippen LogP) is 3.90. The third-order valence-corrected chi connectivity index (χ3v) is 7.03. The van der Waals surface area contributed by atoms with Crippen LogP contribution in [0.25, 0.3) is 0 Å². The van der Waals surface area contributed by atoms with E-state index in [1.165, 1.54) is 24.5 Å². The molecule has 0 amide bonds. The van der Waals surface area contributed by atoms with Gasteiger partial charge in [0.1, 0.15) is 5.82 Å². The number of tetrazole rings is 1. The smallest absolute Gasteiger partial charge is 0.173 e. The van der Waals surface area contributed by atoms with E-state index >= 15 is 0 Å².